The first-order valence-electron chi connectivity index (χ1n) is 15.0. The van der Waals surface area contributed by atoms with Crippen molar-refractivity contribution < 1.29 is 14.3 Å². The van der Waals surface area contributed by atoms with Crippen LogP contribution in [0.2, 0.25) is 5.02 Å². The first-order chi connectivity index (χ1) is 19.6. The van der Waals surface area contributed by atoms with Crippen molar-refractivity contribution in [3.05, 3.63) is 64.2 Å². The highest BCUT2D eigenvalue weighted by Gasteiger charge is 2.15. The summed E-state index contributed by atoms with van der Waals surface area (Å²) in [7, 11) is 0. The van der Waals surface area contributed by atoms with Gasteiger partial charge in [0.25, 0.3) is 5.91 Å². The Morgan fingerprint density at radius 2 is 1.59 bits per heavy atom. The number of unbranched alkanes of at least 4 members (excludes halogenated alkanes) is 11. The lowest BCUT2D eigenvalue weighted by Crippen LogP contribution is -2.22. The number of para-hydroxylation sites is 1. The third-order valence-electron chi connectivity index (χ3n) is 7.16. The van der Waals surface area contributed by atoms with E-state index in [-0.39, 0.29) is 29.5 Å². The molecule has 0 aliphatic carbocycles. The van der Waals surface area contributed by atoms with Crippen LogP contribution in [-0.2, 0) is 11.3 Å². The molecule has 1 heterocycles. The van der Waals surface area contributed by atoms with E-state index in [1.54, 1.807) is 23.9 Å². The molecule has 1 amide bonds. The van der Waals surface area contributed by atoms with E-state index >= 15 is 0 Å². The molecule has 1 aliphatic heterocycles. The third-order valence-corrected chi connectivity index (χ3v) is 8.43. The minimum Gasteiger partial charge on any atom is -0.492 e. The van der Waals surface area contributed by atoms with Crippen LogP contribution < -0.4 is 14.8 Å². The first-order valence-corrected chi connectivity index (χ1v) is 16.5. The van der Waals surface area contributed by atoms with Gasteiger partial charge < -0.3 is 19.7 Å². The average molecular weight is 668 g/mol. The van der Waals surface area contributed by atoms with Gasteiger partial charge in [0.2, 0.25) is 0 Å². The normalized spacial score (nSPS) is 12.6. The molecule has 228 valence electrons. The average Bonchev–Trinajstić information content (AvgIpc) is 3.36. The number of nitrogens with zero attached hydrogens (tertiary/aromatic N) is 1. The number of carbonyl (C=O) groups excluding carboxylic acids is 1. The molecule has 5 nitrogen and oxygen atoms in total. The van der Waals surface area contributed by atoms with Crippen LogP contribution in [0, 0.1) is 0 Å². The van der Waals surface area contributed by atoms with Crippen molar-refractivity contribution in [3.63, 3.8) is 0 Å². The minimum absolute atomic E-state index is 0. The molecule has 0 unspecified atom stereocenters. The van der Waals surface area contributed by atoms with Crippen molar-refractivity contribution in [3.8, 4) is 11.5 Å². The highest BCUT2D eigenvalue weighted by molar-refractivity contribution is 8.93. The summed E-state index contributed by atoms with van der Waals surface area (Å²) in [5.41, 5.74) is 3.12. The predicted molar refractivity (Wildman–Crippen MR) is 181 cm³/mol. The van der Waals surface area contributed by atoms with E-state index in [1.807, 2.05) is 30.3 Å². The van der Waals surface area contributed by atoms with Gasteiger partial charge in [-0.15, -0.1) is 28.7 Å². The van der Waals surface area contributed by atoms with Crippen molar-refractivity contribution in [2.75, 3.05) is 24.4 Å². The maximum absolute atomic E-state index is 12.6. The van der Waals surface area contributed by atoms with Crippen molar-refractivity contribution in [1.29, 1.82) is 0 Å². The molecule has 0 saturated heterocycles. The molecule has 0 atom stereocenters. The molecule has 41 heavy (non-hydrogen) atoms. The Bertz CT molecular complexity index is 1070. The zero-order valence-corrected chi connectivity index (χ0v) is 28.1. The summed E-state index contributed by atoms with van der Waals surface area (Å²) in [5, 5.41) is 5.65. The van der Waals surface area contributed by atoms with E-state index in [1.165, 1.54) is 76.3 Å². The highest BCUT2D eigenvalue weighted by atomic mass is 79.9. The number of benzene rings is 2. The molecule has 0 aromatic heterocycles. The van der Waals surface area contributed by atoms with Gasteiger partial charge in [-0.05, 0) is 42.5 Å². The van der Waals surface area contributed by atoms with Crippen LogP contribution in [0.4, 0.5) is 5.69 Å². The van der Waals surface area contributed by atoms with E-state index in [2.05, 4.69) is 29.5 Å². The van der Waals surface area contributed by atoms with E-state index in [0.29, 0.717) is 23.1 Å². The number of ether oxygens (including phenoxy) is 2. The van der Waals surface area contributed by atoms with Gasteiger partial charge in [0.1, 0.15) is 11.5 Å². The summed E-state index contributed by atoms with van der Waals surface area (Å²) < 4.78 is 11.6. The molecule has 0 spiro atoms. The first kappa shape index (κ1) is 35.4. The van der Waals surface area contributed by atoms with Gasteiger partial charge in [0.15, 0.2) is 6.61 Å². The van der Waals surface area contributed by atoms with E-state index in [4.69, 9.17) is 21.1 Å². The number of amides is 1. The maximum atomic E-state index is 12.6. The number of hydrogen-bond acceptors (Lipinski definition) is 5. The maximum Gasteiger partial charge on any atom is 0.262 e. The highest BCUT2D eigenvalue weighted by Crippen LogP contribution is 2.30. The molecule has 3 rings (SSSR count). The smallest absolute Gasteiger partial charge is 0.262 e. The van der Waals surface area contributed by atoms with Gasteiger partial charge in [0, 0.05) is 24.0 Å². The van der Waals surface area contributed by atoms with Crippen LogP contribution >= 0.6 is 40.3 Å². The lowest BCUT2D eigenvalue weighted by molar-refractivity contribution is -0.118. The fourth-order valence-electron chi connectivity index (χ4n) is 4.73. The summed E-state index contributed by atoms with van der Waals surface area (Å²) in [6, 6.07) is 13.2. The van der Waals surface area contributed by atoms with Gasteiger partial charge in [-0.2, -0.15) is 0 Å². The number of thioether (sulfide) groups is 1. The zero-order chi connectivity index (χ0) is 28.4. The van der Waals surface area contributed by atoms with Gasteiger partial charge in [-0.3, -0.25) is 4.79 Å². The summed E-state index contributed by atoms with van der Waals surface area (Å²) >= 11 is 8.21. The van der Waals surface area contributed by atoms with Crippen LogP contribution in [0.1, 0.15) is 96.5 Å². The van der Waals surface area contributed by atoms with Gasteiger partial charge in [0.05, 0.1) is 17.5 Å². The molecule has 1 N–H and O–H groups in total. The molecule has 2 aromatic rings. The minimum atomic E-state index is -0.209. The van der Waals surface area contributed by atoms with E-state index in [9.17, 15) is 4.79 Å². The molecular weight excluding hydrogens is 620 g/mol. The Morgan fingerprint density at radius 1 is 0.927 bits per heavy atom. The number of hydrogen-bond donors (Lipinski definition) is 1. The second kappa shape index (κ2) is 21.0. The lowest BCUT2D eigenvalue weighted by Gasteiger charge is -2.21. The van der Waals surface area contributed by atoms with Crippen LogP contribution in [0.3, 0.4) is 0 Å². The number of nitrogens with one attached hydrogen (secondary N) is 1. The Hall–Kier alpha value is -1.83. The van der Waals surface area contributed by atoms with Crippen LogP contribution in [0.15, 0.2) is 53.6 Å². The molecule has 0 radical (unpaired) electrons. The van der Waals surface area contributed by atoms with Crippen molar-refractivity contribution >= 4 is 51.9 Å². The van der Waals surface area contributed by atoms with Gasteiger partial charge in [-0.25, -0.2) is 0 Å². The fourth-order valence-corrected chi connectivity index (χ4v) is 5.89. The lowest BCUT2D eigenvalue weighted by atomic mass is 10.1. The number of allylic oxidation sites excluding steroid dienone is 1. The van der Waals surface area contributed by atoms with Crippen molar-refractivity contribution in [1.82, 2.24) is 4.90 Å². The number of halogens is 2. The fraction of sp³-hybridized carbons (Fsp3) is 0.545. The van der Waals surface area contributed by atoms with Crippen LogP contribution in [0.5, 0.6) is 11.5 Å². The van der Waals surface area contributed by atoms with Crippen LogP contribution in [0.25, 0.3) is 0 Å². The standard InChI is InChI=1S/C33H47ClN2O3S.BrH/c1-3-4-5-6-7-8-9-10-11-12-13-16-21-38-32-20-19-29(22-30(32)34)39-24-33(37)35-31-18-15-14-17-28(31)23-36-26-40-25-27(36)2;/h14-15,17-20,22,25H,3-13,16,21,23-24,26H2,1-2H3,(H,35,37);1H. The molecule has 8 heteroatoms. The zero-order valence-electron chi connectivity index (χ0n) is 24.8. The molecule has 1 aliphatic rings. The Morgan fingerprint density at radius 3 is 2.22 bits per heavy atom. The summed E-state index contributed by atoms with van der Waals surface area (Å²) in [4.78, 5) is 14.9. The third kappa shape index (κ3) is 13.8. The second-order valence-corrected chi connectivity index (χ2v) is 11.8. The molecule has 0 fully saturated rings. The van der Waals surface area contributed by atoms with E-state index in [0.717, 1.165) is 30.1 Å². The van der Waals surface area contributed by atoms with Crippen molar-refractivity contribution in [2.45, 2.75) is 97.4 Å². The Kier molecular flexibility index (Phi) is 18.1. The predicted octanol–water partition coefficient (Wildman–Crippen LogP) is 10.4. The second-order valence-electron chi connectivity index (χ2n) is 10.6. The SMILES string of the molecule is Br.CCCCCCCCCCCCCCOc1ccc(OCC(=O)Nc2ccccc2CN2CSC=C2C)cc1Cl. The quantitative estimate of drug-likeness (QED) is 0.142. The Balaban J connectivity index is 0.00000588. The molecule has 2 aromatic carbocycles. The van der Waals surface area contributed by atoms with Gasteiger partial charge in [-0.1, -0.05) is 107 Å². The monoisotopic (exact) mass is 666 g/mol. The number of carbonyl (C=O) groups is 1. The van der Waals surface area contributed by atoms with Crippen LogP contribution in [-0.4, -0.2) is 29.9 Å². The summed E-state index contributed by atoms with van der Waals surface area (Å²) in [6.07, 6.45) is 15.8. The topological polar surface area (TPSA) is 50.8 Å². The van der Waals surface area contributed by atoms with E-state index < -0.39 is 0 Å². The number of anilines is 1. The van der Waals surface area contributed by atoms with Gasteiger partial charge >= 0.3 is 0 Å². The Labute approximate surface area is 267 Å². The number of rotatable bonds is 20. The molecular formula is C33H48BrClN2O3S. The summed E-state index contributed by atoms with van der Waals surface area (Å²) in [5.74, 6) is 1.91. The van der Waals surface area contributed by atoms with Crippen molar-refractivity contribution in [2.24, 2.45) is 0 Å². The largest absolute Gasteiger partial charge is 0.492 e. The summed E-state index contributed by atoms with van der Waals surface area (Å²) in [6.45, 7) is 5.69. The molecule has 0 bridgehead atoms. The molecule has 0 saturated carbocycles.